The van der Waals surface area contributed by atoms with E-state index in [4.69, 9.17) is 4.74 Å². The van der Waals surface area contributed by atoms with Crippen molar-refractivity contribution in [3.63, 3.8) is 0 Å². The van der Waals surface area contributed by atoms with Gasteiger partial charge in [-0.2, -0.15) is 0 Å². The molecule has 0 unspecified atom stereocenters. The summed E-state index contributed by atoms with van der Waals surface area (Å²) in [4.78, 5) is 1.50. The Morgan fingerprint density at radius 1 is 1.22 bits per heavy atom. The van der Waals surface area contributed by atoms with Gasteiger partial charge < -0.3 is 4.74 Å². The van der Waals surface area contributed by atoms with Crippen molar-refractivity contribution >= 4 is 10.0 Å². The highest BCUT2D eigenvalue weighted by Gasteiger charge is 2.23. The quantitative estimate of drug-likeness (QED) is 0.874. The zero-order valence-corrected chi connectivity index (χ0v) is 10.2. The first-order valence-electron chi connectivity index (χ1n) is 5.29. The van der Waals surface area contributed by atoms with Gasteiger partial charge in [0.25, 0.3) is 10.0 Å². The van der Waals surface area contributed by atoms with Crippen molar-refractivity contribution < 1.29 is 21.9 Å². The molecule has 1 saturated heterocycles. The summed E-state index contributed by atoms with van der Waals surface area (Å²) < 4.78 is 55.2. The molecule has 1 fully saturated rings. The lowest BCUT2D eigenvalue weighted by atomic mass is 10.3. The van der Waals surface area contributed by atoms with Gasteiger partial charge in [-0.05, 0) is 18.2 Å². The van der Waals surface area contributed by atoms with Crippen molar-refractivity contribution in [2.24, 2.45) is 0 Å². The van der Waals surface area contributed by atoms with Crippen LogP contribution in [0.1, 0.15) is 0 Å². The van der Waals surface area contributed by atoms with Crippen molar-refractivity contribution in [3.05, 3.63) is 29.8 Å². The van der Waals surface area contributed by atoms with Crippen LogP contribution in [-0.2, 0) is 14.8 Å². The van der Waals surface area contributed by atoms with Crippen LogP contribution in [0.4, 0.5) is 8.78 Å². The Labute approximate surface area is 103 Å². The Morgan fingerprint density at radius 2 is 1.89 bits per heavy atom. The van der Waals surface area contributed by atoms with E-state index in [1.807, 2.05) is 0 Å². The van der Waals surface area contributed by atoms with E-state index < -0.39 is 26.6 Å². The van der Waals surface area contributed by atoms with Crippen LogP contribution in [0.2, 0.25) is 0 Å². The van der Waals surface area contributed by atoms with E-state index in [2.05, 4.69) is 4.83 Å². The van der Waals surface area contributed by atoms with Gasteiger partial charge in [-0.15, -0.1) is 4.83 Å². The van der Waals surface area contributed by atoms with Crippen molar-refractivity contribution in [1.29, 1.82) is 0 Å². The van der Waals surface area contributed by atoms with Crippen LogP contribution in [0, 0.1) is 11.6 Å². The number of sulfonamides is 1. The Kier molecular flexibility index (Phi) is 3.91. The van der Waals surface area contributed by atoms with Crippen molar-refractivity contribution in [2.75, 3.05) is 26.3 Å². The largest absolute Gasteiger partial charge is 0.379 e. The fraction of sp³-hybridized carbons (Fsp3) is 0.400. The van der Waals surface area contributed by atoms with E-state index in [0.717, 1.165) is 12.1 Å². The molecule has 1 heterocycles. The van der Waals surface area contributed by atoms with Gasteiger partial charge in [0.2, 0.25) is 0 Å². The molecule has 0 aromatic heterocycles. The number of nitrogens with zero attached hydrogens (tertiary/aromatic N) is 1. The van der Waals surface area contributed by atoms with Gasteiger partial charge >= 0.3 is 0 Å². The Balaban J connectivity index is 2.21. The molecule has 0 aliphatic carbocycles. The van der Waals surface area contributed by atoms with Crippen LogP contribution < -0.4 is 4.83 Å². The van der Waals surface area contributed by atoms with Crippen LogP contribution in [0.15, 0.2) is 23.1 Å². The summed E-state index contributed by atoms with van der Waals surface area (Å²) >= 11 is 0. The minimum atomic E-state index is -4.11. The molecule has 0 saturated carbocycles. The first-order chi connectivity index (χ1) is 8.49. The smallest absolute Gasteiger partial charge is 0.256 e. The first kappa shape index (κ1) is 13.3. The lowest BCUT2D eigenvalue weighted by molar-refractivity contribution is 0.0272. The number of hydrogen-bond acceptors (Lipinski definition) is 4. The fourth-order valence-corrected chi connectivity index (χ4v) is 2.77. The average molecular weight is 278 g/mol. The summed E-state index contributed by atoms with van der Waals surface area (Å²) in [6.45, 7) is 1.48. The summed E-state index contributed by atoms with van der Waals surface area (Å²) in [5, 5.41) is 1.39. The number of hydrogen-bond donors (Lipinski definition) is 1. The molecule has 0 atom stereocenters. The number of ether oxygens (including phenoxy) is 1. The van der Waals surface area contributed by atoms with Crippen LogP contribution in [0.3, 0.4) is 0 Å². The number of halogens is 2. The van der Waals surface area contributed by atoms with Crippen LogP contribution in [0.5, 0.6) is 0 Å². The Bertz CT molecular complexity index is 530. The maximum absolute atomic E-state index is 13.4. The van der Waals surface area contributed by atoms with Crippen LogP contribution in [0.25, 0.3) is 0 Å². The normalized spacial score (nSPS) is 17.9. The van der Waals surface area contributed by atoms with Gasteiger partial charge in [0.1, 0.15) is 16.5 Å². The molecule has 5 nitrogen and oxygen atoms in total. The predicted molar refractivity (Wildman–Crippen MR) is 59.1 cm³/mol. The molecule has 1 aliphatic heterocycles. The molecule has 0 radical (unpaired) electrons. The number of hydrazine groups is 1. The third-order valence-corrected chi connectivity index (χ3v) is 3.83. The SMILES string of the molecule is O=S(=O)(NN1CCOCC1)c1cc(F)ccc1F. The standard InChI is InChI=1S/C10H12F2N2O3S/c11-8-1-2-9(12)10(7-8)18(15,16)13-14-3-5-17-6-4-14/h1-2,7,13H,3-6H2. The molecule has 1 aliphatic rings. The molecule has 1 aromatic rings. The number of nitrogens with one attached hydrogen (secondary N) is 1. The van der Waals surface area contributed by atoms with E-state index in [1.165, 1.54) is 5.01 Å². The first-order valence-corrected chi connectivity index (χ1v) is 6.77. The van der Waals surface area contributed by atoms with E-state index >= 15 is 0 Å². The third kappa shape index (κ3) is 3.02. The summed E-state index contributed by atoms with van der Waals surface area (Å²) in [5.74, 6) is -1.80. The predicted octanol–water partition coefficient (Wildman–Crippen LogP) is 0.490. The van der Waals surface area contributed by atoms with E-state index in [9.17, 15) is 17.2 Å². The molecule has 100 valence electrons. The molecule has 8 heteroatoms. The summed E-state index contributed by atoms with van der Waals surface area (Å²) in [6, 6.07) is 2.30. The van der Waals surface area contributed by atoms with Crippen molar-refractivity contribution in [1.82, 2.24) is 9.84 Å². The second-order valence-electron chi connectivity index (χ2n) is 3.77. The second kappa shape index (κ2) is 5.27. The van der Waals surface area contributed by atoms with E-state index in [1.54, 1.807) is 0 Å². The number of rotatable bonds is 3. The molecular formula is C10H12F2N2O3S. The average Bonchev–Trinajstić information content (AvgIpc) is 2.33. The highest BCUT2D eigenvalue weighted by atomic mass is 32.2. The van der Waals surface area contributed by atoms with Gasteiger partial charge in [-0.1, -0.05) is 0 Å². The minimum absolute atomic E-state index is 0.357. The fourth-order valence-electron chi connectivity index (χ4n) is 1.56. The lowest BCUT2D eigenvalue weighted by Gasteiger charge is -2.26. The van der Waals surface area contributed by atoms with Gasteiger partial charge in [0, 0.05) is 13.1 Å². The zero-order valence-electron chi connectivity index (χ0n) is 9.40. The van der Waals surface area contributed by atoms with Gasteiger partial charge in [-0.3, -0.25) is 0 Å². The maximum atomic E-state index is 13.4. The summed E-state index contributed by atoms with van der Waals surface area (Å²) in [7, 11) is -4.11. The van der Waals surface area contributed by atoms with Crippen molar-refractivity contribution in [2.45, 2.75) is 4.90 Å². The third-order valence-electron chi connectivity index (χ3n) is 2.44. The molecule has 0 spiro atoms. The van der Waals surface area contributed by atoms with Crippen LogP contribution >= 0.6 is 0 Å². The topological polar surface area (TPSA) is 58.6 Å². The zero-order chi connectivity index (χ0) is 13.2. The Hall–Kier alpha value is -1.09. The van der Waals surface area contributed by atoms with Gasteiger partial charge in [0.05, 0.1) is 13.2 Å². The van der Waals surface area contributed by atoms with Crippen LogP contribution in [-0.4, -0.2) is 39.7 Å². The molecule has 1 N–H and O–H groups in total. The molecule has 2 rings (SSSR count). The molecule has 0 amide bonds. The molecular weight excluding hydrogens is 266 g/mol. The number of benzene rings is 1. The number of morpholine rings is 1. The molecule has 1 aromatic carbocycles. The molecule has 0 bridgehead atoms. The second-order valence-corrected chi connectivity index (χ2v) is 5.40. The minimum Gasteiger partial charge on any atom is -0.379 e. The van der Waals surface area contributed by atoms with Gasteiger partial charge in [0.15, 0.2) is 0 Å². The highest BCUT2D eigenvalue weighted by molar-refractivity contribution is 7.89. The maximum Gasteiger partial charge on any atom is 0.256 e. The Morgan fingerprint density at radius 3 is 2.56 bits per heavy atom. The van der Waals surface area contributed by atoms with Crippen molar-refractivity contribution in [3.8, 4) is 0 Å². The van der Waals surface area contributed by atoms with E-state index in [0.29, 0.717) is 32.4 Å². The summed E-state index contributed by atoms with van der Waals surface area (Å²) in [6.07, 6.45) is 0. The monoisotopic (exact) mass is 278 g/mol. The highest BCUT2D eigenvalue weighted by Crippen LogP contribution is 2.16. The molecule has 18 heavy (non-hydrogen) atoms. The summed E-state index contributed by atoms with van der Waals surface area (Å²) in [5.41, 5.74) is 0. The lowest BCUT2D eigenvalue weighted by Crippen LogP contribution is -2.48. The van der Waals surface area contributed by atoms with E-state index in [-0.39, 0.29) is 0 Å². The van der Waals surface area contributed by atoms with Gasteiger partial charge in [-0.25, -0.2) is 22.2 Å².